The maximum atomic E-state index is 11.9. The van der Waals surface area contributed by atoms with Crippen molar-refractivity contribution in [2.75, 3.05) is 0 Å². The molecule has 0 aliphatic rings. The molecule has 0 nitrogen and oxygen atoms in total. The number of alkyl halides is 6. The molecule has 0 aromatic heterocycles. The minimum absolute atomic E-state index is 2.18. The average molecular weight is 179 g/mol. The van der Waals surface area contributed by atoms with Crippen LogP contribution in [0.5, 0.6) is 0 Å². The zero-order valence-corrected chi connectivity index (χ0v) is 5.26. The van der Waals surface area contributed by atoms with E-state index in [2.05, 4.69) is 6.92 Å². The first-order chi connectivity index (χ1) is 4.65. The standard InChI is InChI=1S/C5H5F6/c1-3(6)4(7,8)2-5(9,10)11/h3H,1-2H2. The highest BCUT2D eigenvalue weighted by atomic mass is 19.4. The molecule has 0 saturated heterocycles. The molecule has 0 spiro atoms. The Balaban J connectivity index is 4.13. The van der Waals surface area contributed by atoms with Gasteiger partial charge in [0.25, 0.3) is 5.92 Å². The first kappa shape index (κ1) is 10.6. The van der Waals surface area contributed by atoms with Crippen LogP contribution in [0, 0.1) is 6.92 Å². The predicted molar refractivity (Wildman–Crippen MR) is 25.9 cm³/mol. The fourth-order valence-electron chi connectivity index (χ4n) is 0.378. The van der Waals surface area contributed by atoms with Gasteiger partial charge in [-0.15, -0.1) is 0 Å². The van der Waals surface area contributed by atoms with Crippen LogP contribution in [0.25, 0.3) is 0 Å². The Hall–Kier alpha value is -0.420. The molecule has 0 aromatic carbocycles. The van der Waals surface area contributed by atoms with Crippen molar-refractivity contribution in [3.8, 4) is 0 Å². The second kappa shape index (κ2) is 2.91. The molecule has 0 aliphatic heterocycles. The van der Waals surface area contributed by atoms with E-state index in [1.807, 2.05) is 0 Å². The van der Waals surface area contributed by atoms with Crippen molar-refractivity contribution in [3.05, 3.63) is 6.92 Å². The van der Waals surface area contributed by atoms with Gasteiger partial charge >= 0.3 is 6.18 Å². The summed E-state index contributed by atoms with van der Waals surface area (Å²) < 4.78 is 69.1. The van der Waals surface area contributed by atoms with Gasteiger partial charge in [0.1, 0.15) is 6.42 Å². The van der Waals surface area contributed by atoms with Gasteiger partial charge in [-0.2, -0.15) is 13.2 Å². The van der Waals surface area contributed by atoms with Crippen molar-refractivity contribution >= 4 is 0 Å². The molecule has 0 saturated carbocycles. The van der Waals surface area contributed by atoms with Crippen molar-refractivity contribution in [1.29, 1.82) is 0 Å². The van der Waals surface area contributed by atoms with Crippen LogP contribution in [0.2, 0.25) is 0 Å². The Morgan fingerprint density at radius 1 is 1.09 bits per heavy atom. The molecular formula is C5H5F6. The highest BCUT2D eigenvalue weighted by Crippen LogP contribution is 2.34. The monoisotopic (exact) mass is 179 g/mol. The summed E-state index contributed by atoms with van der Waals surface area (Å²) in [5, 5.41) is 0. The van der Waals surface area contributed by atoms with E-state index in [4.69, 9.17) is 0 Å². The molecule has 0 rings (SSSR count). The molecule has 0 bridgehead atoms. The van der Waals surface area contributed by atoms with Crippen molar-refractivity contribution in [1.82, 2.24) is 0 Å². The van der Waals surface area contributed by atoms with E-state index in [0.717, 1.165) is 0 Å². The highest BCUT2D eigenvalue weighted by molar-refractivity contribution is 4.81. The van der Waals surface area contributed by atoms with Gasteiger partial charge in [0.15, 0.2) is 6.17 Å². The van der Waals surface area contributed by atoms with Crippen LogP contribution in [0.3, 0.4) is 0 Å². The molecule has 67 valence electrons. The van der Waals surface area contributed by atoms with Gasteiger partial charge in [-0.3, -0.25) is 0 Å². The summed E-state index contributed by atoms with van der Waals surface area (Å²) in [6.07, 6.45) is -10.6. The Bertz CT molecular complexity index is 123. The summed E-state index contributed by atoms with van der Waals surface area (Å²) in [5.41, 5.74) is 0. The van der Waals surface area contributed by atoms with Gasteiger partial charge in [-0.05, 0) is 6.92 Å². The largest absolute Gasteiger partial charge is 0.394 e. The van der Waals surface area contributed by atoms with E-state index in [9.17, 15) is 26.3 Å². The minimum atomic E-state index is -5.06. The fraction of sp³-hybridized carbons (Fsp3) is 0.800. The predicted octanol–water partition coefficient (Wildman–Crippen LogP) is 2.75. The third kappa shape index (κ3) is 4.10. The maximum Gasteiger partial charge on any atom is 0.394 e. The van der Waals surface area contributed by atoms with Crippen LogP contribution >= 0.6 is 0 Å². The van der Waals surface area contributed by atoms with Gasteiger partial charge < -0.3 is 0 Å². The number of rotatable bonds is 2. The molecule has 0 N–H and O–H groups in total. The average Bonchev–Trinajstić information content (AvgIpc) is 1.56. The van der Waals surface area contributed by atoms with E-state index in [1.54, 1.807) is 0 Å². The lowest BCUT2D eigenvalue weighted by Gasteiger charge is -2.18. The molecule has 11 heavy (non-hydrogen) atoms. The van der Waals surface area contributed by atoms with Crippen LogP contribution in [-0.2, 0) is 0 Å². The molecule has 1 unspecified atom stereocenters. The second-order valence-electron chi connectivity index (χ2n) is 2.02. The minimum Gasteiger partial charge on any atom is -0.241 e. The molecule has 0 amide bonds. The topological polar surface area (TPSA) is 0 Å². The maximum absolute atomic E-state index is 11.9. The second-order valence-corrected chi connectivity index (χ2v) is 2.02. The van der Waals surface area contributed by atoms with Crippen molar-refractivity contribution in [2.45, 2.75) is 24.7 Å². The molecular weight excluding hydrogens is 174 g/mol. The van der Waals surface area contributed by atoms with Crippen molar-refractivity contribution < 1.29 is 26.3 Å². The Kier molecular flexibility index (Phi) is 2.79. The van der Waals surface area contributed by atoms with Crippen LogP contribution in [0.15, 0.2) is 0 Å². The first-order valence-electron chi connectivity index (χ1n) is 2.57. The van der Waals surface area contributed by atoms with Crippen LogP contribution in [0.4, 0.5) is 26.3 Å². The van der Waals surface area contributed by atoms with E-state index in [1.165, 1.54) is 0 Å². The SMILES string of the molecule is [CH2]C(F)C(F)(F)CC(F)(F)F. The van der Waals surface area contributed by atoms with Gasteiger partial charge in [-0.25, -0.2) is 13.2 Å². The Labute approximate surface area is 59.2 Å². The highest BCUT2D eigenvalue weighted by Gasteiger charge is 2.47. The van der Waals surface area contributed by atoms with Gasteiger partial charge in [-0.1, -0.05) is 0 Å². The van der Waals surface area contributed by atoms with Crippen molar-refractivity contribution in [2.24, 2.45) is 0 Å². The normalized spacial score (nSPS) is 16.6. The van der Waals surface area contributed by atoms with E-state index < -0.39 is 24.7 Å². The van der Waals surface area contributed by atoms with Crippen molar-refractivity contribution in [3.63, 3.8) is 0 Å². The lowest BCUT2D eigenvalue weighted by Crippen LogP contribution is -2.33. The zero-order chi connectivity index (χ0) is 9.28. The van der Waals surface area contributed by atoms with E-state index in [0.29, 0.717) is 0 Å². The summed E-state index contributed by atoms with van der Waals surface area (Å²) in [6.45, 7) is 2.18. The smallest absolute Gasteiger partial charge is 0.241 e. The summed E-state index contributed by atoms with van der Waals surface area (Å²) in [7, 11) is 0. The lowest BCUT2D eigenvalue weighted by atomic mass is 10.1. The number of halogens is 6. The van der Waals surface area contributed by atoms with Gasteiger partial charge in [0.05, 0.1) is 0 Å². The fourth-order valence-corrected chi connectivity index (χ4v) is 0.378. The van der Waals surface area contributed by atoms with Crippen LogP contribution < -0.4 is 0 Å². The Morgan fingerprint density at radius 2 is 1.45 bits per heavy atom. The quantitative estimate of drug-likeness (QED) is 0.571. The van der Waals surface area contributed by atoms with Crippen LogP contribution in [-0.4, -0.2) is 18.3 Å². The summed E-state index contributed by atoms with van der Waals surface area (Å²) in [5.74, 6) is -4.42. The third-order valence-corrected chi connectivity index (χ3v) is 0.894. The van der Waals surface area contributed by atoms with E-state index >= 15 is 0 Å². The molecule has 0 aromatic rings. The molecule has 1 radical (unpaired) electrons. The molecule has 0 aliphatic carbocycles. The first-order valence-corrected chi connectivity index (χ1v) is 2.57. The molecule has 0 heterocycles. The Morgan fingerprint density at radius 3 is 1.55 bits per heavy atom. The molecule has 0 fully saturated rings. The number of hydrogen-bond acceptors (Lipinski definition) is 0. The number of hydrogen-bond donors (Lipinski definition) is 0. The summed E-state index contributed by atoms with van der Waals surface area (Å²) in [6, 6.07) is 0. The lowest BCUT2D eigenvalue weighted by molar-refractivity contribution is -0.199. The summed E-state index contributed by atoms with van der Waals surface area (Å²) in [4.78, 5) is 0. The summed E-state index contributed by atoms with van der Waals surface area (Å²) >= 11 is 0. The van der Waals surface area contributed by atoms with Crippen LogP contribution in [0.1, 0.15) is 6.42 Å². The molecule has 6 heteroatoms. The van der Waals surface area contributed by atoms with Gasteiger partial charge in [0.2, 0.25) is 0 Å². The zero-order valence-electron chi connectivity index (χ0n) is 5.26. The van der Waals surface area contributed by atoms with Gasteiger partial charge in [0, 0.05) is 0 Å². The third-order valence-electron chi connectivity index (χ3n) is 0.894. The van der Waals surface area contributed by atoms with E-state index in [-0.39, 0.29) is 0 Å². The molecule has 1 atom stereocenters.